The molecule has 0 unspecified atom stereocenters. The van der Waals surface area contributed by atoms with E-state index in [0.717, 1.165) is 0 Å². The van der Waals surface area contributed by atoms with Crippen molar-refractivity contribution in [3.63, 3.8) is 0 Å². The molecular weight excluding hydrogens is 168 g/mol. The van der Waals surface area contributed by atoms with Gasteiger partial charge in [-0.1, -0.05) is 12.7 Å². The van der Waals surface area contributed by atoms with Gasteiger partial charge in [0.2, 0.25) is 0 Å². The maximum absolute atomic E-state index is 11.2. The maximum atomic E-state index is 11.2. The van der Waals surface area contributed by atoms with Crippen LogP contribution >= 0.6 is 0 Å². The molecule has 0 fully saturated rings. The second-order valence-electron chi connectivity index (χ2n) is 2.35. The minimum atomic E-state index is -0.479. The molecular formula is C9H10N2O2. The molecule has 4 nitrogen and oxygen atoms in total. The molecule has 1 aromatic heterocycles. The second kappa shape index (κ2) is 4.25. The number of hydrogen-bond acceptors (Lipinski definition) is 3. The molecule has 0 amide bonds. The first-order chi connectivity index (χ1) is 6.24. The molecule has 1 rings (SSSR count). The van der Waals surface area contributed by atoms with Crippen LogP contribution in [-0.2, 0) is 4.74 Å². The zero-order chi connectivity index (χ0) is 9.68. The van der Waals surface area contributed by atoms with Crippen LogP contribution < -0.4 is 0 Å². The van der Waals surface area contributed by atoms with E-state index in [-0.39, 0.29) is 0 Å². The van der Waals surface area contributed by atoms with Gasteiger partial charge in [-0.25, -0.2) is 14.3 Å². The maximum Gasteiger partial charge on any atom is 0.424 e. The van der Waals surface area contributed by atoms with Gasteiger partial charge in [-0.3, -0.25) is 0 Å². The Morgan fingerprint density at radius 3 is 3.00 bits per heavy atom. The number of imidazole rings is 1. The van der Waals surface area contributed by atoms with E-state index in [1.807, 2.05) is 0 Å². The lowest BCUT2D eigenvalue weighted by Gasteiger charge is -2.02. The first-order valence-electron chi connectivity index (χ1n) is 3.73. The first kappa shape index (κ1) is 9.25. The quantitative estimate of drug-likeness (QED) is 0.513. The number of carbonyl (C=O) groups is 1. The highest BCUT2D eigenvalue weighted by Gasteiger charge is 2.04. The first-order valence-corrected chi connectivity index (χ1v) is 3.73. The van der Waals surface area contributed by atoms with Crippen LogP contribution in [0.5, 0.6) is 0 Å². The van der Waals surface area contributed by atoms with Crippen LogP contribution in [0.1, 0.15) is 6.92 Å². The lowest BCUT2D eigenvalue weighted by molar-refractivity contribution is 0.178. The van der Waals surface area contributed by atoms with Gasteiger partial charge in [0.1, 0.15) is 12.1 Å². The van der Waals surface area contributed by atoms with Crippen LogP contribution in [-0.4, -0.2) is 15.6 Å². The van der Waals surface area contributed by atoms with E-state index in [1.165, 1.54) is 23.3 Å². The highest BCUT2D eigenvalue weighted by atomic mass is 16.6. The summed E-state index contributed by atoms with van der Waals surface area (Å²) in [5.41, 5.74) is 0. The third-order valence-electron chi connectivity index (χ3n) is 1.32. The molecule has 0 aromatic carbocycles. The highest BCUT2D eigenvalue weighted by molar-refractivity contribution is 5.71. The Labute approximate surface area is 76.2 Å². The summed E-state index contributed by atoms with van der Waals surface area (Å²) < 4.78 is 6.16. The zero-order valence-electron chi connectivity index (χ0n) is 7.30. The fourth-order valence-electron chi connectivity index (χ4n) is 0.758. The average molecular weight is 178 g/mol. The fourth-order valence-corrected chi connectivity index (χ4v) is 0.758. The van der Waals surface area contributed by atoms with E-state index < -0.39 is 6.09 Å². The molecule has 0 N–H and O–H groups in total. The largest absolute Gasteiger partial charge is 0.424 e. The Morgan fingerprint density at radius 1 is 1.69 bits per heavy atom. The summed E-state index contributed by atoms with van der Waals surface area (Å²) >= 11 is 0. The van der Waals surface area contributed by atoms with E-state index in [9.17, 15) is 4.79 Å². The molecule has 0 aliphatic heterocycles. The number of carbonyl (C=O) groups excluding carboxylic acids is 1. The molecule has 0 spiro atoms. The molecule has 13 heavy (non-hydrogen) atoms. The SMILES string of the molecule is C=CC=C(C)OC(=O)n1ccnc1. The molecule has 0 aliphatic carbocycles. The smallest absolute Gasteiger partial charge is 0.415 e. The number of rotatable bonds is 2. The van der Waals surface area contributed by atoms with Crippen molar-refractivity contribution < 1.29 is 9.53 Å². The summed E-state index contributed by atoms with van der Waals surface area (Å²) in [5, 5.41) is 0. The van der Waals surface area contributed by atoms with Crippen molar-refractivity contribution in [3.8, 4) is 0 Å². The second-order valence-corrected chi connectivity index (χ2v) is 2.35. The van der Waals surface area contributed by atoms with Crippen molar-refractivity contribution in [2.45, 2.75) is 6.92 Å². The van der Waals surface area contributed by atoms with Gasteiger partial charge in [-0.05, 0) is 13.0 Å². The molecule has 0 radical (unpaired) electrons. The Bertz CT molecular complexity index is 325. The topological polar surface area (TPSA) is 44.1 Å². The van der Waals surface area contributed by atoms with Crippen molar-refractivity contribution in [1.29, 1.82) is 0 Å². The predicted octanol–water partition coefficient (Wildman–Crippen LogP) is 1.96. The summed E-state index contributed by atoms with van der Waals surface area (Å²) in [5.74, 6) is 0.494. The molecule has 4 heteroatoms. The van der Waals surface area contributed by atoms with Gasteiger partial charge in [0.25, 0.3) is 0 Å². The molecule has 1 heterocycles. The van der Waals surface area contributed by atoms with Crippen LogP contribution in [0.3, 0.4) is 0 Å². The van der Waals surface area contributed by atoms with Gasteiger partial charge >= 0.3 is 6.09 Å². The standard InChI is InChI=1S/C9H10N2O2/c1-3-4-8(2)13-9(12)11-6-5-10-7-11/h3-7H,1H2,2H3. The molecule has 0 aliphatic rings. The van der Waals surface area contributed by atoms with Crippen LogP contribution in [0, 0.1) is 0 Å². The predicted molar refractivity (Wildman–Crippen MR) is 48.1 cm³/mol. The molecule has 0 atom stereocenters. The average Bonchev–Trinajstić information content (AvgIpc) is 2.55. The van der Waals surface area contributed by atoms with Crippen molar-refractivity contribution in [3.05, 3.63) is 43.2 Å². The number of nitrogens with zero attached hydrogens (tertiary/aromatic N) is 2. The van der Waals surface area contributed by atoms with Gasteiger partial charge in [0.05, 0.1) is 0 Å². The zero-order valence-corrected chi connectivity index (χ0v) is 7.30. The van der Waals surface area contributed by atoms with Gasteiger partial charge in [0, 0.05) is 12.4 Å². The minimum Gasteiger partial charge on any atom is -0.415 e. The lowest BCUT2D eigenvalue weighted by Crippen LogP contribution is -2.10. The lowest BCUT2D eigenvalue weighted by atomic mass is 10.5. The van der Waals surface area contributed by atoms with Crippen LogP contribution in [0.4, 0.5) is 4.79 Å². The Kier molecular flexibility index (Phi) is 3.03. The van der Waals surface area contributed by atoms with Crippen molar-refractivity contribution in [1.82, 2.24) is 9.55 Å². The van der Waals surface area contributed by atoms with Crippen molar-refractivity contribution in [2.24, 2.45) is 0 Å². The summed E-state index contributed by atoms with van der Waals surface area (Å²) in [6.45, 7) is 5.16. The Hall–Kier alpha value is -1.84. The van der Waals surface area contributed by atoms with E-state index in [4.69, 9.17) is 4.74 Å². The monoisotopic (exact) mass is 178 g/mol. The Balaban J connectivity index is 2.61. The third-order valence-corrected chi connectivity index (χ3v) is 1.32. The summed E-state index contributed by atoms with van der Waals surface area (Å²) in [7, 11) is 0. The summed E-state index contributed by atoms with van der Waals surface area (Å²) in [4.78, 5) is 14.9. The van der Waals surface area contributed by atoms with E-state index in [1.54, 1.807) is 19.1 Å². The third kappa shape index (κ3) is 2.59. The van der Waals surface area contributed by atoms with E-state index in [0.29, 0.717) is 5.76 Å². The summed E-state index contributed by atoms with van der Waals surface area (Å²) in [6, 6.07) is 0. The van der Waals surface area contributed by atoms with Crippen LogP contribution in [0.2, 0.25) is 0 Å². The number of ether oxygens (including phenoxy) is 1. The highest BCUT2D eigenvalue weighted by Crippen LogP contribution is 1.99. The number of aromatic nitrogens is 2. The number of hydrogen-bond donors (Lipinski definition) is 0. The Morgan fingerprint density at radius 2 is 2.46 bits per heavy atom. The molecule has 0 bridgehead atoms. The minimum absolute atomic E-state index is 0.479. The van der Waals surface area contributed by atoms with Gasteiger partial charge in [-0.15, -0.1) is 0 Å². The summed E-state index contributed by atoms with van der Waals surface area (Å²) in [6.07, 6.45) is 7.08. The molecule has 0 saturated carbocycles. The molecule has 0 saturated heterocycles. The van der Waals surface area contributed by atoms with Gasteiger partial charge in [0.15, 0.2) is 0 Å². The number of allylic oxidation sites excluding steroid dienone is 3. The van der Waals surface area contributed by atoms with Crippen LogP contribution in [0.15, 0.2) is 43.2 Å². The van der Waals surface area contributed by atoms with Crippen molar-refractivity contribution >= 4 is 6.09 Å². The normalized spacial score (nSPS) is 11.0. The van der Waals surface area contributed by atoms with Crippen LogP contribution in [0.25, 0.3) is 0 Å². The van der Waals surface area contributed by atoms with E-state index >= 15 is 0 Å². The molecule has 68 valence electrons. The molecule has 1 aromatic rings. The van der Waals surface area contributed by atoms with E-state index in [2.05, 4.69) is 11.6 Å². The fraction of sp³-hybridized carbons (Fsp3) is 0.111. The van der Waals surface area contributed by atoms with Gasteiger partial charge < -0.3 is 4.74 Å². The van der Waals surface area contributed by atoms with Crippen molar-refractivity contribution in [2.75, 3.05) is 0 Å². The van der Waals surface area contributed by atoms with Gasteiger partial charge in [-0.2, -0.15) is 0 Å².